The van der Waals surface area contributed by atoms with Gasteiger partial charge in [0.1, 0.15) is 0 Å². The maximum absolute atomic E-state index is 12.9. The van der Waals surface area contributed by atoms with Gasteiger partial charge in [0.25, 0.3) is 0 Å². The largest absolute Gasteiger partial charge is 0.463 e. The second-order valence-electron chi connectivity index (χ2n) is 7.49. The number of rotatable bonds is 4. The summed E-state index contributed by atoms with van der Waals surface area (Å²) in [5.74, 6) is -0.980. The SMILES string of the molecule is CCOC(=O)C1=C(C)NC(C)=C(C#N)[C@@H]1c1cnccc1-c1ccc2ccccc2c1. The van der Waals surface area contributed by atoms with E-state index in [1.54, 1.807) is 19.3 Å². The molecule has 0 saturated carbocycles. The molecule has 0 unspecified atom stereocenters. The van der Waals surface area contributed by atoms with Gasteiger partial charge in [0, 0.05) is 23.8 Å². The summed E-state index contributed by atoms with van der Waals surface area (Å²) in [6.45, 7) is 5.72. The molecule has 5 heteroatoms. The first-order chi connectivity index (χ1) is 15.0. The molecule has 0 bridgehead atoms. The highest BCUT2D eigenvalue weighted by molar-refractivity contribution is 5.94. The molecule has 5 nitrogen and oxygen atoms in total. The first-order valence-electron chi connectivity index (χ1n) is 10.2. The molecule has 0 radical (unpaired) electrons. The number of esters is 1. The van der Waals surface area contributed by atoms with Crippen LogP contribution in [0.5, 0.6) is 0 Å². The van der Waals surface area contributed by atoms with E-state index < -0.39 is 11.9 Å². The Hall–Kier alpha value is -3.91. The average Bonchev–Trinajstić information content (AvgIpc) is 2.78. The molecule has 0 amide bonds. The van der Waals surface area contributed by atoms with Crippen molar-refractivity contribution in [3.05, 3.63) is 89.0 Å². The lowest BCUT2D eigenvalue weighted by molar-refractivity contribution is -0.138. The van der Waals surface area contributed by atoms with E-state index in [9.17, 15) is 10.1 Å². The van der Waals surface area contributed by atoms with Gasteiger partial charge in [-0.3, -0.25) is 4.98 Å². The minimum absolute atomic E-state index is 0.261. The molecule has 0 saturated heterocycles. The quantitative estimate of drug-likeness (QED) is 0.598. The Morgan fingerprint density at radius 2 is 1.90 bits per heavy atom. The van der Waals surface area contributed by atoms with E-state index >= 15 is 0 Å². The van der Waals surface area contributed by atoms with Crippen molar-refractivity contribution in [3.8, 4) is 17.2 Å². The Morgan fingerprint density at radius 1 is 1.13 bits per heavy atom. The van der Waals surface area contributed by atoms with Crippen molar-refractivity contribution >= 4 is 16.7 Å². The van der Waals surface area contributed by atoms with Crippen LogP contribution in [0, 0.1) is 11.3 Å². The third-order valence-corrected chi connectivity index (χ3v) is 5.60. The van der Waals surface area contributed by atoms with Gasteiger partial charge in [-0.05, 0) is 60.4 Å². The van der Waals surface area contributed by atoms with E-state index in [0.29, 0.717) is 16.8 Å². The zero-order valence-electron chi connectivity index (χ0n) is 17.8. The summed E-state index contributed by atoms with van der Waals surface area (Å²) in [4.78, 5) is 17.3. The highest BCUT2D eigenvalue weighted by Gasteiger charge is 2.35. The number of fused-ring (bicyclic) bond motifs is 1. The van der Waals surface area contributed by atoms with Gasteiger partial charge < -0.3 is 10.1 Å². The summed E-state index contributed by atoms with van der Waals surface area (Å²) in [5.41, 5.74) is 5.09. The smallest absolute Gasteiger partial charge is 0.336 e. The van der Waals surface area contributed by atoms with Crippen molar-refractivity contribution < 1.29 is 9.53 Å². The van der Waals surface area contributed by atoms with E-state index in [4.69, 9.17) is 4.74 Å². The molecular formula is C26H23N3O2. The number of hydrogen-bond donors (Lipinski definition) is 1. The van der Waals surface area contributed by atoms with E-state index in [-0.39, 0.29) is 6.61 Å². The lowest BCUT2D eigenvalue weighted by Gasteiger charge is -2.29. The summed E-state index contributed by atoms with van der Waals surface area (Å²) < 4.78 is 5.35. The number of allylic oxidation sites excluding steroid dienone is 3. The van der Waals surface area contributed by atoms with Crippen molar-refractivity contribution in [1.82, 2.24) is 10.3 Å². The zero-order chi connectivity index (χ0) is 22.0. The fourth-order valence-electron chi connectivity index (χ4n) is 4.19. The van der Waals surface area contributed by atoms with Gasteiger partial charge >= 0.3 is 5.97 Å². The number of pyridine rings is 1. The van der Waals surface area contributed by atoms with E-state index in [1.807, 2.05) is 32.0 Å². The van der Waals surface area contributed by atoms with Crippen molar-refractivity contribution in [2.45, 2.75) is 26.7 Å². The van der Waals surface area contributed by atoms with Gasteiger partial charge in [0.2, 0.25) is 0 Å². The Labute approximate surface area is 181 Å². The van der Waals surface area contributed by atoms with Crippen molar-refractivity contribution in [1.29, 1.82) is 5.26 Å². The topological polar surface area (TPSA) is 75.0 Å². The van der Waals surface area contributed by atoms with Crippen LogP contribution in [0.1, 0.15) is 32.3 Å². The third-order valence-electron chi connectivity index (χ3n) is 5.60. The molecule has 31 heavy (non-hydrogen) atoms. The van der Waals surface area contributed by atoms with Gasteiger partial charge in [-0.1, -0.05) is 36.4 Å². The van der Waals surface area contributed by atoms with Crippen molar-refractivity contribution in [2.75, 3.05) is 6.61 Å². The number of carbonyl (C=O) groups is 1. The molecule has 4 rings (SSSR count). The number of carbonyl (C=O) groups excluding carboxylic acids is 1. The lowest BCUT2D eigenvalue weighted by atomic mass is 9.79. The summed E-state index contributed by atoms with van der Waals surface area (Å²) >= 11 is 0. The number of benzene rings is 2. The predicted octanol–water partition coefficient (Wildman–Crippen LogP) is 5.22. The Bertz CT molecular complexity index is 1280. The number of ether oxygens (including phenoxy) is 1. The summed E-state index contributed by atoms with van der Waals surface area (Å²) in [5, 5.41) is 15.4. The minimum atomic E-state index is -0.555. The van der Waals surface area contributed by atoms with Crippen LogP contribution in [-0.2, 0) is 9.53 Å². The maximum Gasteiger partial charge on any atom is 0.336 e. The van der Waals surface area contributed by atoms with Gasteiger partial charge in [0.05, 0.1) is 29.7 Å². The van der Waals surface area contributed by atoms with Crippen LogP contribution in [0.25, 0.3) is 21.9 Å². The van der Waals surface area contributed by atoms with Crippen LogP contribution in [0.15, 0.2) is 83.5 Å². The predicted molar refractivity (Wildman–Crippen MR) is 121 cm³/mol. The summed E-state index contributed by atoms with van der Waals surface area (Å²) in [6.07, 6.45) is 3.48. The van der Waals surface area contributed by atoms with Gasteiger partial charge in [0.15, 0.2) is 0 Å². The van der Waals surface area contributed by atoms with E-state index in [1.165, 1.54) is 0 Å². The van der Waals surface area contributed by atoms with Crippen molar-refractivity contribution in [2.24, 2.45) is 0 Å². The Morgan fingerprint density at radius 3 is 2.65 bits per heavy atom. The van der Waals surface area contributed by atoms with Crippen LogP contribution >= 0.6 is 0 Å². The minimum Gasteiger partial charge on any atom is -0.463 e. The highest BCUT2D eigenvalue weighted by atomic mass is 16.5. The molecule has 1 N–H and O–H groups in total. The first kappa shape index (κ1) is 20.4. The first-order valence-corrected chi connectivity index (χ1v) is 10.2. The van der Waals surface area contributed by atoms with Crippen LogP contribution in [0.4, 0.5) is 0 Å². The normalized spacial score (nSPS) is 16.1. The number of hydrogen-bond acceptors (Lipinski definition) is 5. The fourth-order valence-corrected chi connectivity index (χ4v) is 4.19. The van der Waals surface area contributed by atoms with Crippen molar-refractivity contribution in [3.63, 3.8) is 0 Å². The molecule has 1 aliphatic heterocycles. The van der Waals surface area contributed by atoms with E-state index in [2.05, 4.69) is 46.7 Å². The number of nitrogens with zero attached hydrogens (tertiary/aromatic N) is 2. The zero-order valence-corrected chi connectivity index (χ0v) is 17.8. The number of nitrogens with one attached hydrogen (secondary N) is 1. The second-order valence-corrected chi connectivity index (χ2v) is 7.49. The lowest BCUT2D eigenvalue weighted by Crippen LogP contribution is -2.29. The fraction of sp³-hybridized carbons (Fsp3) is 0.192. The molecule has 2 heterocycles. The molecule has 3 aromatic rings. The van der Waals surface area contributed by atoms with Crippen LogP contribution in [-0.4, -0.2) is 17.6 Å². The second kappa shape index (κ2) is 8.45. The van der Waals surface area contributed by atoms with Crippen LogP contribution < -0.4 is 5.32 Å². The molecule has 0 fully saturated rings. The standard InChI is InChI=1S/C26H23N3O2/c1-4-31-26(30)24-17(3)29-16(2)22(14-27)25(24)23-15-28-12-11-21(23)20-10-9-18-7-5-6-8-19(18)13-20/h5-13,15,25,29H,4H2,1-3H3/t25-/m1/s1. The molecule has 1 atom stereocenters. The number of nitriles is 1. The van der Waals surface area contributed by atoms with Gasteiger partial charge in [-0.2, -0.15) is 5.26 Å². The average molecular weight is 409 g/mol. The molecular weight excluding hydrogens is 386 g/mol. The molecule has 154 valence electrons. The van der Waals surface area contributed by atoms with Gasteiger partial charge in [-0.25, -0.2) is 4.79 Å². The van der Waals surface area contributed by atoms with Crippen LogP contribution in [0.3, 0.4) is 0 Å². The van der Waals surface area contributed by atoms with Gasteiger partial charge in [-0.15, -0.1) is 0 Å². The molecule has 2 aromatic carbocycles. The Balaban J connectivity index is 1.94. The monoisotopic (exact) mass is 409 g/mol. The maximum atomic E-state index is 12.9. The highest BCUT2D eigenvalue weighted by Crippen LogP contribution is 2.42. The molecule has 0 spiro atoms. The van der Waals surface area contributed by atoms with Crippen LogP contribution in [0.2, 0.25) is 0 Å². The molecule has 1 aliphatic rings. The molecule has 0 aliphatic carbocycles. The van der Waals surface area contributed by atoms with E-state index in [0.717, 1.165) is 33.2 Å². The number of aromatic nitrogens is 1. The molecule has 1 aromatic heterocycles. The number of dihydropyridines is 1. The third kappa shape index (κ3) is 3.69. The Kier molecular flexibility index (Phi) is 5.55. The summed E-state index contributed by atoms with van der Waals surface area (Å²) in [6, 6.07) is 18.7. The summed E-state index contributed by atoms with van der Waals surface area (Å²) in [7, 11) is 0.